The number of fused-ring (bicyclic) bond motifs is 4. The van der Waals surface area contributed by atoms with Crippen LogP contribution in [0.1, 0.15) is 29.3 Å². The first-order valence-electron chi connectivity index (χ1n) is 9.14. The summed E-state index contributed by atoms with van der Waals surface area (Å²) >= 11 is 8.06. The van der Waals surface area contributed by atoms with Gasteiger partial charge in [0.1, 0.15) is 9.98 Å². The zero-order valence-electron chi connectivity index (χ0n) is 14.9. The van der Waals surface area contributed by atoms with Crippen LogP contribution in [0.15, 0.2) is 41.5 Å². The van der Waals surface area contributed by atoms with Crippen LogP contribution in [0.25, 0.3) is 21.1 Å². The number of aromatic nitrogens is 3. The minimum atomic E-state index is 0.0243. The summed E-state index contributed by atoms with van der Waals surface area (Å²) in [5, 5.41) is 2.25. The Bertz CT molecular complexity index is 1240. The topological polar surface area (TPSA) is 47.8 Å². The maximum Gasteiger partial charge on any atom is 0.262 e. The quantitative estimate of drug-likeness (QED) is 0.456. The molecule has 0 radical (unpaired) electrons. The van der Waals surface area contributed by atoms with Crippen LogP contribution in [-0.4, -0.2) is 14.5 Å². The fourth-order valence-electron chi connectivity index (χ4n) is 3.91. The van der Waals surface area contributed by atoms with E-state index in [1.807, 2.05) is 30.3 Å². The van der Waals surface area contributed by atoms with Crippen LogP contribution in [0.3, 0.4) is 0 Å². The van der Waals surface area contributed by atoms with Gasteiger partial charge in [-0.1, -0.05) is 36.7 Å². The first-order valence-corrected chi connectivity index (χ1v) is 10.3. The van der Waals surface area contributed by atoms with Crippen molar-refractivity contribution < 1.29 is 0 Å². The molecule has 136 valence electrons. The third-order valence-electron chi connectivity index (χ3n) is 5.37. The van der Waals surface area contributed by atoms with E-state index in [1.165, 1.54) is 10.4 Å². The Balaban J connectivity index is 1.61. The Hall–Kier alpha value is -2.24. The van der Waals surface area contributed by atoms with Crippen LogP contribution in [0.4, 0.5) is 0 Å². The van der Waals surface area contributed by atoms with Crippen molar-refractivity contribution in [2.75, 3.05) is 0 Å². The molecular weight excluding hydrogens is 378 g/mol. The van der Waals surface area contributed by atoms with Gasteiger partial charge in [0.2, 0.25) is 0 Å². The SMILES string of the molecule is C[C@H]1CCc2c(sc3ncn(Cc4cc5ccccc5nc4Cl)c(=O)c23)C1. The molecule has 0 unspecified atom stereocenters. The second-order valence-corrected chi connectivity index (χ2v) is 8.78. The fourth-order valence-corrected chi connectivity index (χ4v) is 5.46. The molecule has 3 aromatic heterocycles. The van der Waals surface area contributed by atoms with Crippen LogP contribution >= 0.6 is 22.9 Å². The first-order chi connectivity index (χ1) is 13.1. The highest BCUT2D eigenvalue weighted by Crippen LogP contribution is 2.35. The maximum atomic E-state index is 13.2. The Labute approximate surface area is 165 Å². The molecule has 0 amide bonds. The molecule has 0 bridgehead atoms. The largest absolute Gasteiger partial charge is 0.294 e. The van der Waals surface area contributed by atoms with Crippen molar-refractivity contribution in [3.8, 4) is 0 Å². The maximum absolute atomic E-state index is 13.2. The molecule has 1 aliphatic rings. The first kappa shape index (κ1) is 16.9. The minimum absolute atomic E-state index is 0.0243. The van der Waals surface area contributed by atoms with Crippen molar-refractivity contribution >= 4 is 44.1 Å². The lowest BCUT2D eigenvalue weighted by atomic mass is 9.89. The molecule has 0 saturated carbocycles. The third kappa shape index (κ3) is 2.86. The molecule has 27 heavy (non-hydrogen) atoms. The van der Waals surface area contributed by atoms with Gasteiger partial charge in [-0.25, -0.2) is 9.97 Å². The molecule has 4 nitrogen and oxygen atoms in total. The van der Waals surface area contributed by atoms with Crippen molar-refractivity contribution in [1.29, 1.82) is 0 Å². The second kappa shape index (κ2) is 6.43. The van der Waals surface area contributed by atoms with Gasteiger partial charge in [-0.05, 0) is 42.9 Å². The van der Waals surface area contributed by atoms with E-state index in [0.717, 1.165) is 45.9 Å². The number of pyridine rings is 1. The number of nitrogens with zero attached hydrogens (tertiary/aromatic N) is 3. The number of rotatable bonds is 2. The van der Waals surface area contributed by atoms with E-state index in [1.54, 1.807) is 22.2 Å². The Morgan fingerprint density at radius 3 is 3.07 bits per heavy atom. The summed E-state index contributed by atoms with van der Waals surface area (Å²) in [6.07, 6.45) is 4.79. The monoisotopic (exact) mass is 395 g/mol. The van der Waals surface area contributed by atoms with Crippen molar-refractivity contribution in [3.05, 3.63) is 68.2 Å². The van der Waals surface area contributed by atoms with E-state index in [2.05, 4.69) is 16.9 Å². The lowest BCUT2D eigenvalue weighted by molar-refractivity contribution is 0.509. The third-order valence-corrected chi connectivity index (χ3v) is 6.86. The number of thiophene rings is 1. The number of hydrogen-bond acceptors (Lipinski definition) is 4. The van der Waals surface area contributed by atoms with E-state index >= 15 is 0 Å². The zero-order chi connectivity index (χ0) is 18.5. The minimum Gasteiger partial charge on any atom is -0.294 e. The average molecular weight is 396 g/mol. The highest BCUT2D eigenvalue weighted by Gasteiger charge is 2.23. The van der Waals surface area contributed by atoms with Crippen LogP contribution in [0.2, 0.25) is 5.15 Å². The van der Waals surface area contributed by atoms with E-state index in [-0.39, 0.29) is 5.56 Å². The number of benzene rings is 1. The Morgan fingerprint density at radius 2 is 2.19 bits per heavy atom. The molecule has 0 fully saturated rings. The molecule has 4 aromatic rings. The van der Waals surface area contributed by atoms with Crippen LogP contribution in [0.5, 0.6) is 0 Å². The molecule has 0 aliphatic heterocycles. The number of para-hydroxylation sites is 1. The van der Waals surface area contributed by atoms with Crippen LogP contribution < -0.4 is 5.56 Å². The van der Waals surface area contributed by atoms with Gasteiger partial charge in [0.05, 0.1) is 23.8 Å². The van der Waals surface area contributed by atoms with Crippen molar-refractivity contribution in [1.82, 2.24) is 14.5 Å². The molecule has 0 saturated heterocycles. The molecular formula is C21H18ClN3OS. The molecule has 0 N–H and O–H groups in total. The van der Waals surface area contributed by atoms with E-state index in [4.69, 9.17) is 11.6 Å². The summed E-state index contributed by atoms with van der Waals surface area (Å²) in [5.74, 6) is 0.676. The Kier molecular flexibility index (Phi) is 4.02. The molecule has 1 atom stereocenters. The van der Waals surface area contributed by atoms with Crippen molar-refractivity contribution in [3.63, 3.8) is 0 Å². The van der Waals surface area contributed by atoms with Gasteiger partial charge in [0, 0.05) is 15.8 Å². The van der Waals surface area contributed by atoms with Gasteiger partial charge in [-0.15, -0.1) is 11.3 Å². The fraction of sp³-hybridized carbons (Fsp3) is 0.286. The van der Waals surface area contributed by atoms with Gasteiger partial charge in [0.15, 0.2) is 0 Å². The number of aryl methyl sites for hydroxylation is 1. The van der Waals surface area contributed by atoms with Gasteiger partial charge < -0.3 is 0 Å². The smallest absolute Gasteiger partial charge is 0.262 e. The van der Waals surface area contributed by atoms with Crippen molar-refractivity contribution in [2.24, 2.45) is 5.92 Å². The summed E-state index contributed by atoms with van der Waals surface area (Å²) < 4.78 is 1.66. The van der Waals surface area contributed by atoms with Crippen molar-refractivity contribution in [2.45, 2.75) is 32.7 Å². The highest BCUT2D eigenvalue weighted by molar-refractivity contribution is 7.18. The lowest BCUT2D eigenvalue weighted by Gasteiger charge is -2.17. The van der Waals surface area contributed by atoms with Gasteiger partial charge in [-0.3, -0.25) is 9.36 Å². The van der Waals surface area contributed by atoms with Crippen LogP contribution in [-0.2, 0) is 19.4 Å². The predicted octanol–water partition coefficient (Wildman–Crippen LogP) is 4.83. The molecule has 1 aromatic carbocycles. The zero-order valence-corrected chi connectivity index (χ0v) is 16.5. The van der Waals surface area contributed by atoms with Gasteiger partial charge in [-0.2, -0.15) is 0 Å². The van der Waals surface area contributed by atoms with E-state index in [9.17, 15) is 4.79 Å². The van der Waals surface area contributed by atoms with Gasteiger partial charge in [0.25, 0.3) is 5.56 Å². The number of halogens is 1. The second-order valence-electron chi connectivity index (χ2n) is 7.34. The van der Waals surface area contributed by atoms with E-state index < -0.39 is 0 Å². The highest BCUT2D eigenvalue weighted by atomic mass is 35.5. The van der Waals surface area contributed by atoms with E-state index in [0.29, 0.717) is 17.6 Å². The normalized spacial score (nSPS) is 16.7. The van der Waals surface area contributed by atoms with Gasteiger partial charge >= 0.3 is 0 Å². The molecule has 3 heterocycles. The summed E-state index contributed by atoms with van der Waals surface area (Å²) in [6.45, 7) is 2.65. The van der Waals surface area contributed by atoms with Crippen LogP contribution in [0, 0.1) is 5.92 Å². The molecule has 6 heteroatoms. The molecule has 0 spiro atoms. The average Bonchev–Trinajstić information content (AvgIpc) is 3.02. The summed E-state index contributed by atoms with van der Waals surface area (Å²) in [7, 11) is 0. The number of hydrogen-bond donors (Lipinski definition) is 0. The lowest BCUT2D eigenvalue weighted by Crippen LogP contribution is -2.22. The predicted molar refractivity (Wildman–Crippen MR) is 111 cm³/mol. The summed E-state index contributed by atoms with van der Waals surface area (Å²) in [4.78, 5) is 24.4. The standard InChI is InChI=1S/C21H18ClN3OS/c1-12-6-7-15-17(8-12)27-20-18(15)21(26)25(11-23-20)10-14-9-13-4-2-3-5-16(13)24-19(14)22/h2-5,9,11-12H,6-8,10H2,1H3/t12-/m0/s1. The molecule has 1 aliphatic carbocycles. The molecule has 5 rings (SSSR count). The summed E-state index contributed by atoms with van der Waals surface area (Å²) in [6, 6.07) is 9.85. The Morgan fingerprint density at radius 1 is 1.33 bits per heavy atom. The summed E-state index contributed by atoms with van der Waals surface area (Å²) in [5.41, 5.74) is 2.92.